The van der Waals surface area contributed by atoms with Gasteiger partial charge >= 0.3 is 25.0 Å². The monoisotopic (exact) mass is 398 g/mol. The zero-order valence-corrected chi connectivity index (χ0v) is 19.6. The van der Waals surface area contributed by atoms with E-state index in [1.807, 2.05) is 60.0 Å². The van der Waals surface area contributed by atoms with E-state index in [0.717, 1.165) is 17.7 Å². The molecule has 0 aliphatic rings. The molecular weight excluding hydrogens is 363 g/mol. The third-order valence-electron chi connectivity index (χ3n) is 3.27. The second-order valence-electron chi connectivity index (χ2n) is 7.24. The number of methoxy groups -OCH3 is 1. The van der Waals surface area contributed by atoms with Crippen LogP contribution in [-0.2, 0) is 4.74 Å². The van der Waals surface area contributed by atoms with Crippen molar-refractivity contribution in [3.05, 3.63) is 31.3 Å². The summed E-state index contributed by atoms with van der Waals surface area (Å²) >= 11 is 0. The average molecular weight is 398 g/mol. The van der Waals surface area contributed by atoms with Gasteiger partial charge in [0.05, 0.1) is 13.4 Å². The fourth-order valence-corrected chi connectivity index (χ4v) is 1.82. The number of aliphatic imine (C=N–C) groups is 1. The molecule has 0 atom stereocenters. The molecule has 0 bridgehead atoms. The van der Waals surface area contributed by atoms with E-state index >= 15 is 0 Å². The molecule has 0 aromatic carbocycles. The fourth-order valence-electron chi connectivity index (χ4n) is 1.82. The van der Waals surface area contributed by atoms with Gasteiger partial charge in [-0.15, -0.1) is 13.1 Å². The number of carbonyl (C=O) groups excluding carboxylic acids is 1. The molecule has 0 saturated heterocycles. The molecule has 1 heterocycles. The van der Waals surface area contributed by atoms with Gasteiger partial charge in [0.15, 0.2) is 0 Å². The van der Waals surface area contributed by atoms with Crippen LogP contribution in [0.5, 0.6) is 5.75 Å². The number of rotatable bonds is 7. The zero-order chi connectivity index (χ0) is 21.7. The van der Waals surface area contributed by atoms with Crippen molar-refractivity contribution >= 4 is 18.1 Å². The van der Waals surface area contributed by atoms with Crippen molar-refractivity contribution in [3.63, 3.8) is 0 Å². The van der Waals surface area contributed by atoms with Gasteiger partial charge in [-0.05, 0) is 32.7 Å². The van der Waals surface area contributed by atoms with Crippen molar-refractivity contribution in [1.82, 2.24) is 14.8 Å². The number of carbonyl (C=O) groups is 1. The van der Waals surface area contributed by atoms with E-state index < -0.39 is 5.60 Å². The number of ether oxygens (including phenoxy) is 2. The van der Waals surface area contributed by atoms with E-state index in [1.54, 1.807) is 24.5 Å². The predicted octanol–water partition coefficient (Wildman–Crippen LogP) is 1.10. The Hall–Kier alpha value is -1.71. The van der Waals surface area contributed by atoms with Gasteiger partial charge in [-0.3, -0.25) is 4.99 Å². The Kier molecular flexibility index (Phi) is 15.4. The van der Waals surface area contributed by atoms with Crippen LogP contribution in [0.1, 0.15) is 39.7 Å². The first-order valence-corrected chi connectivity index (χ1v) is 9.26. The molecule has 8 heteroatoms. The Morgan fingerprint density at radius 1 is 1.41 bits per heavy atom. The van der Waals surface area contributed by atoms with Gasteiger partial charge < -0.3 is 37.6 Å². The Labute approximate surface area is 189 Å². The molecular formula is C21H35LiN4O3-2. The molecule has 0 aliphatic heterocycles. The molecule has 0 aliphatic carbocycles. The first-order valence-electron chi connectivity index (χ1n) is 9.26. The van der Waals surface area contributed by atoms with Crippen LogP contribution in [-0.4, -0.2) is 67.1 Å². The average Bonchev–Trinajstić information content (AvgIpc) is 2.60. The largest absolute Gasteiger partial charge is 1.00 e. The van der Waals surface area contributed by atoms with Crippen molar-refractivity contribution < 1.29 is 33.1 Å². The standard InChI is InChI=1S/C11H21NO2.C10H14N3O.Li/c1-6-8-9-12(7-2)10(13)14-11(3,4)5;1-8-9(12-7-13(2)3)5-11-6-10(8)14-4;/h8H,2,6-7,9H2,1,3-5H3;5,7H,1-4H3;/q-2;-1;+1. The molecule has 0 saturated carbocycles. The number of aromatic nitrogens is 1. The maximum atomic E-state index is 11.5. The van der Waals surface area contributed by atoms with Gasteiger partial charge in [0.25, 0.3) is 0 Å². The summed E-state index contributed by atoms with van der Waals surface area (Å²) in [6.07, 6.45) is 8.82. The Morgan fingerprint density at radius 3 is 2.48 bits per heavy atom. The summed E-state index contributed by atoms with van der Waals surface area (Å²) < 4.78 is 10.3. The van der Waals surface area contributed by atoms with Crippen molar-refractivity contribution in [2.45, 2.75) is 46.6 Å². The Morgan fingerprint density at radius 2 is 2.03 bits per heavy atom. The summed E-state index contributed by atoms with van der Waals surface area (Å²) in [5, 5.41) is 0. The number of unbranched alkanes of at least 4 members (excludes halogenated alkanes) is 1. The fraction of sp³-hybridized carbons (Fsp3) is 0.571. The molecule has 0 fully saturated rings. The van der Waals surface area contributed by atoms with Crippen LogP contribution in [0.2, 0.25) is 0 Å². The van der Waals surface area contributed by atoms with Crippen molar-refractivity contribution in [2.24, 2.45) is 4.99 Å². The summed E-state index contributed by atoms with van der Waals surface area (Å²) in [7, 11) is 5.43. The van der Waals surface area contributed by atoms with E-state index in [-0.39, 0.29) is 25.0 Å². The number of amides is 1. The number of hydrogen-bond acceptors (Lipinski definition) is 5. The second-order valence-corrected chi connectivity index (χ2v) is 7.24. The van der Waals surface area contributed by atoms with Gasteiger partial charge in [-0.1, -0.05) is 25.6 Å². The Bertz CT molecular complexity index is 616. The van der Waals surface area contributed by atoms with E-state index in [1.165, 1.54) is 0 Å². The van der Waals surface area contributed by atoms with Crippen LogP contribution in [0.25, 0.3) is 0 Å². The van der Waals surface area contributed by atoms with Gasteiger partial charge in [0.2, 0.25) is 0 Å². The molecule has 0 spiro atoms. The van der Waals surface area contributed by atoms with Crippen LogP contribution >= 0.6 is 0 Å². The molecule has 1 amide bonds. The summed E-state index contributed by atoms with van der Waals surface area (Å²) in [6, 6.07) is 0. The third kappa shape index (κ3) is 13.2. The molecule has 1 aromatic rings. The minimum Gasteiger partial charge on any atom is -0.521 e. The summed E-state index contributed by atoms with van der Waals surface area (Å²) in [6.45, 7) is 14.3. The summed E-state index contributed by atoms with van der Waals surface area (Å²) in [5.41, 5.74) is 1.31. The van der Waals surface area contributed by atoms with Crippen LogP contribution in [0.4, 0.5) is 10.5 Å². The van der Waals surface area contributed by atoms with Gasteiger partial charge in [-0.2, -0.15) is 6.42 Å². The van der Waals surface area contributed by atoms with Crippen molar-refractivity contribution in [1.29, 1.82) is 0 Å². The summed E-state index contributed by atoms with van der Waals surface area (Å²) in [4.78, 5) is 23.1. The van der Waals surface area contributed by atoms with Crippen LogP contribution < -0.4 is 23.6 Å². The maximum absolute atomic E-state index is 11.5. The predicted molar refractivity (Wildman–Crippen MR) is 114 cm³/mol. The molecule has 29 heavy (non-hydrogen) atoms. The molecule has 1 rings (SSSR count). The smallest absolute Gasteiger partial charge is 0.521 e. The zero-order valence-electron chi connectivity index (χ0n) is 19.6. The topological polar surface area (TPSA) is 67.3 Å². The molecule has 0 unspecified atom stereocenters. The molecule has 1 aromatic heterocycles. The SMILES string of the molecule is COc1[c-]ncc(N=CN(C)C)c1C.[CH2-]CN(C[CH-]CC)C(=O)OC(C)(C)C.[Li+]. The van der Waals surface area contributed by atoms with E-state index in [4.69, 9.17) is 9.47 Å². The first kappa shape index (κ1) is 29.5. The third-order valence-corrected chi connectivity index (χ3v) is 3.27. The van der Waals surface area contributed by atoms with Crippen molar-refractivity contribution in [3.8, 4) is 5.75 Å². The second kappa shape index (κ2) is 15.2. The maximum Gasteiger partial charge on any atom is 1.00 e. The number of nitrogens with zero attached hydrogens (tertiary/aromatic N) is 4. The minimum atomic E-state index is -0.434. The minimum absolute atomic E-state index is 0. The number of hydrogen-bond donors (Lipinski definition) is 0. The van der Waals surface area contributed by atoms with Gasteiger partial charge in [0, 0.05) is 19.8 Å². The van der Waals surface area contributed by atoms with Crippen LogP contribution in [0.15, 0.2) is 11.2 Å². The molecule has 0 N–H and O–H groups in total. The van der Waals surface area contributed by atoms with E-state index in [9.17, 15) is 4.79 Å². The van der Waals surface area contributed by atoms with E-state index in [2.05, 4.69) is 23.1 Å². The molecule has 0 radical (unpaired) electrons. The molecule has 7 nitrogen and oxygen atoms in total. The van der Waals surface area contributed by atoms with Crippen molar-refractivity contribution in [2.75, 3.05) is 34.3 Å². The van der Waals surface area contributed by atoms with E-state index in [0.29, 0.717) is 18.8 Å². The van der Waals surface area contributed by atoms with Crippen LogP contribution in [0.3, 0.4) is 0 Å². The molecule has 160 valence electrons. The van der Waals surface area contributed by atoms with Gasteiger partial charge in [0.1, 0.15) is 5.60 Å². The van der Waals surface area contributed by atoms with Gasteiger partial charge in [-0.25, -0.2) is 4.79 Å². The van der Waals surface area contributed by atoms with Crippen LogP contribution in [0, 0.1) is 26.5 Å². The normalized spacial score (nSPS) is 10.5. The number of pyridine rings is 1. The first-order chi connectivity index (χ1) is 13.1. The summed E-state index contributed by atoms with van der Waals surface area (Å²) in [5.74, 6) is 0.637. The Balaban J connectivity index is 0. The quantitative estimate of drug-likeness (QED) is 0.298.